The Balaban J connectivity index is 1.87. The summed E-state index contributed by atoms with van der Waals surface area (Å²) in [5.41, 5.74) is -0.617. The van der Waals surface area contributed by atoms with Crippen molar-refractivity contribution < 1.29 is 13.5 Å². The van der Waals surface area contributed by atoms with Crippen molar-refractivity contribution in [2.24, 2.45) is 5.14 Å². The Labute approximate surface area is 171 Å². The molecular formula is C16H16Cl2N6O3S. The predicted octanol–water partition coefficient (Wildman–Crippen LogP) is 1.59. The zero-order valence-corrected chi connectivity index (χ0v) is 16.9. The molecule has 0 bridgehead atoms. The molecule has 0 fully saturated rings. The van der Waals surface area contributed by atoms with Crippen molar-refractivity contribution in [3.8, 4) is 11.5 Å². The fourth-order valence-electron chi connectivity index (χ4n) is 2.55. The fraction of sp³-hybridized carbons (Fsp3) is 0.250. The number of benzene rings is 1. The first-order valence-electron chi connectivity index (χ1n) is 7.96. The van der Waals surface area contributed by atoms with Gasteiger partial charge in [0, 0.05) is 10.0 Å². The van der Waals surface area contributed by atoms with Crippen molar-refractivity contribution in [3.63, 3.8) is 0 Å². The second kappa shape index (κ2) is 7.72. The van der Waals surface area contributed by atoms with Crippen LogP contribution in [-0.2, 0) is 22.2 Å². The van der Waals surface area contributed by atoms with E-state index in [9.17, 15) is 13.5 Å². The van der Waals surface area contributed by atoms with E-state index in [1.165, 1.54) is 17.8 Å². The van der Waals surface area contributed by atoms with Crippen molar-refractivity contribution in [3.05, 3.63) is 57.7 Å². The minimum atomic E-state index is -3.91. The summed E-state index contributed by atoms with van der Waals surface area (Å²) in [5, 5.41) is 28.7. The van der Waals surface area contributed by atoms with Crippen molar-refractivity contribution in [2.75, 3.05) is 5.75 Å². The number of sulfonamides is 1. The molecule has 1 atom stereocenters. The van der Waals surface area contributed by atoms with Gasteiger partial charge in [-0.2, -0.15) is 4.80 Å². The average molecular weight is 443 g/mol. The molecule has 0 unspecified atom stereocenters. The van der Waals surface area contributed by atoms with Crippen LogP contribution in [0.4, 0.5) is 0 Å². The van der Waals surface area contributed by atoms with Gasteiger partial charge in [-0.05, 0) is 48.0 Å². The topological polar surface area (TPSA) is 137 Å². The maximum Gasteiger partial charge on any atom is 0.223 e. The van der Waals surface area contributed by atoms with Crippen LogP contribution in [0.5, 0.6) is 0 Å². The standard InChI is InChI=1S/C16H16Cl2N6O3S/c1-16(25,9-28(19,26)27)14-4-2-3-13(20-14)15-21-23-24(22-15)8-10-7-11(17)5-6-12(10)18/h2-7,25H,8-9H2,1H3,(H2,19,26,27)/t16-/m0/s1. The molecule has 0 saturated heterocycles. The number of halogens is 2. The Morgan fingerprint density at radius 3 is 2.71 bits per heavy atom. The zero-order valence-electron chi connectivity index (χ0n) is 14.6. The number of hydrogen-bond donors (Lipinski definition) is 2. The molecule has 0 radical (unpaired) electrons. The number of aromatic nitrogens is 5. The molecule has 3 N–H and O–H groups in total. The molecular weight excluding hydrogens is 427 g/mol. The molecule has 0 aliphatic rings. The maximum absolute atomic E-state index is 11.3. The van der Waals surface area contributed by atoms with E-state index in [2.05, 4.69) is 20.4 Å². The number of primary sulfonamides is 1. The second-order valence-electron chi connectivity index (χ2n) is 6.37. The first-order chi connectivity index (χ1) is 13.0. The Kier molecular flexibility index (Phi) is 5.69. The third-order valence-corrected chi connectivity index (χ3v) is 5.35. The monoisotopic (exact) mass is 442 g/mol. The summed E-state index contributed by atoms with van der Waals surface area (Å²) in [7, 11) is -3.91. The zero-order chi connectivity index (χ0) is 20.5. The van der Waals surface area contributed by atoms with E-state index >= 15 is 0 Å². The first-order valence-corrected chi connectivity index (χ1v) is 10.4. The minimum Gasteiger partial charge on any atom is -0.383 e. The van der Waals surface area contributed by atoms with Gasteiger partial charge in [0.15, 0.2) is 0 Å². The lowest BCUT2D eigenvalue weighted by Gasteiger charge is -2.21. The lowest BCUT2D eigenvalue weighted by atomic mass is 10.0. The highest BCUT2D eigenvalue weighted by molar-refractivity contribution is 7.89. The molecule has 2 aromatic heterocycles. The van der Waals surface area contributed by atoms with E-state index in [0.29, 0.717) is 15.7 Å². The molecule has 0 saturated carbocycles. The number of nitrogens with zero attached hydrogens (tertiary/aromatic N) is 5. The fourth-order valence-corrected chi connectivity index (χ4v) is 3.86. The van der Waals surface area contributed by atoms with Gasteiger partial charge >= 0.3 is 0 Å². The first kappa shape index (κ1) is 20.6. The van der Waals surface area contributed by atoms with Gasteiger partial charge in [0.2, 0.25) is 15.8 Å². The summed E-state index contributed by atoms with van der Waals surface area (Å²) >= 11 is 12.1. The van der Waals surface area contributed by atoms with Gasteiger partial charge in [-0.15, -0.1) is 10.2 Å². The number of nitrogens with two attached hydrogens (primary N) is 1. The number of aliphatic hydroxyl groups is 1. The smallest absolute Gasteiger partial charge is 0.223 e. The number of hydrogen-bond acceptors (Lipinski definition) is 7. The highest BCUT2D eigenvalue weighted by Gasteiger charge is 2.30. The molecule has 2 heterocycles. The van der Waals surface area contributed by atoms with Gasteiger partial charge in [0.25, 0.3) is 0 Å². The van der Waals surface area contributed by atoms with Gasteiger partial charge in [0.1, 0.15) is 11.3 Å². The summed E-state index contributed by atoms with van der Waals surface area (Å²) in [6.07, 6.45) is 0. The van der Waals surface area contributed by atoms with E-state index in [0.717, 1.165) is 5.56 Å². The van der Waals surface area contributed by atoms with Crippen LogP contribution in [0.1, 0.15) is 18.2 Å². The number of pyridine rings is 1. The Morgan fingerprint density at radius 2 is 2.00 bits per heavy atom. The Bertz CT molecular complexity index is 1120. The minimum absolute atomic E-state index is 0.119. The number of tetrazole rings is 1. The van der Waals surface area contributed by atoms with Crippen LogP contribution in [0.2, 0.25) is 10.0 Å². The van der Waals surface area contributed by atoms with Crippen molar-refractivity contribution in [1.82, 2.24) is 25.2 Å². The predicted molar refractivity (Wildman–Crippen MR) is 104 cm³/mol. The molecule has 3 aromatic rings. The summed E-state index contributed by atoms with van der Waals surface area (Å²) in [6.45, 7) is 1.56. The summed E-state index contributed by atoms with van der Waals surface area (Å²) in [4.78, 5) is 5.58. The molecule has 3 rings (SSSR count). The van der Waals surface area contributed by atoms with E-state index in [1.54, 1.807) is 30.3 Å². The van der Waals surface area contributed by atoms with E-state index in [-0.39, 0.29) is 18.1 Å². The SMILES string of the molecule is C[C@](O)(CS(N)(=O)=O)c1cccc(-c2nnn(Cc3cc(Cl)ccc3Cl)n2)n1. The molecule has 0 aliphatic carbocycles. The molecule has 0 aliphatic heterocycles. The lowest BCUT2D eigenvalue weighted by molar-refractivity contribution is 0.0773. The third-order valence-electron chi connectivity index (χ3n) is 3.78. The molecule has 148 valence electrons. The van der Waals surface area contributed by atoms with Gasteiger partial charge in [0.05, 0.1) is 18.0 Å². The molecule has 0 amide bonds. The van der Waals surface area contributed by atoms with Crippen LogP contribution in [0, 0.1) is 0 Å². The summed E-state index contributed by atoms with van der Waals surface area (Å²) < 4.78 is 22.7. The second-order valence-corrected chi connectivity index (χ2v) is 8.83. The van der Waals surface area contributed by atoms with Crippen molar-refractivity contribution in [1.29, 1.82) is 0 Å². The van der Waals surface area contributed by atoms with Crippen LogP contribution in [0.25, 0.3) is 11.5 Å². The molecule has 12 heteroatoms. The van der Waals surface area contributed by atoms with Crippen molar-refractivity contribution in [2.45, 2.75) is 19.1 Å². The highest BCUT2D eigenvalue weighted by atomic mass is 35.5. The Hall–Kier alpha value is -2.11. The van der Waals surface area contributed by atoms with Crippen LogP contribution >= 0.6 is 23.2 Å². The van der Waals surface area contributed by atoms with Crippen LogP contribution in [-0.4, -0.2) is 44.5 Å². The van der Waals surface area contributed by atoms with E-state index in [1.807, 2.05) is 0 Å². The van der Waals surface area contributed by atoms with Crippen molar-refractivity contribution >= 4 is 33.2 Å². The molecule has 0 spiro atoms. The van der Waals surface area contributed by atoms with Crippen LogP contribution in [0.3, 0.4) is 0 Å². The highest BCUT2D eigenvalue weighted by Crippen LogP contribution is 2.23. The van der Waals surface area contributed by atoms with Gasteiger partial charge in [-0.3, -0.25) is 0 Å². The van der Waals surface area contributed by atoms with Gasteiger partial charge in [-0.1, -0.05) is 29.3 Å². The molecule has 1 aromatic carbocycles. The van der Waals surface area contributed by atoms with E-state index < -0.39 is 21.4 Å². The van der Waals surface area contributed by atoms with Crippen LogP contribution in [0.15, 0.2) is 36.4 Å². The average Bonchev–Trinajstić information content (AvgIpc) is 3.05. The Morgan fingerprint density at radius 1 is 1.25 bits per heavy atom. The summed E-state index contributed by atoms with van der Waals surface area (Å²) in [6, 6.07) is 9.77. The quantitative estimate of drug-likeness (QED) is 0.590. The molecule has 9 nitrogen and oxygen atoms in total. The normalized spacial score (nSPS) is 14.0. The van der Waals surface area contributed by atoms with Gasteiger partial charge in [-0.25, -0.2) is 18.5 Å². The summed E-state index contributed by atoms with van der Waals surface area (Å²) in [5.74, 6) is -0.476. The largest absolute Gasteiger partial charge is 0.383 e. The number of rotatable bonds is 6. The van der Waals surface area contributed by atoms with Gasteiger partial charge < -0.3 is 5.11 Å². The van der Waals surface area contributed by atoms with E-state index in [4.69, 9.17) is 28.3 Å². The maximum atomic E-state index is 11.3. The lowest BCUT2D eigenvalue weighted by Crippen LogP contribution is -2.35. The third kappa shape index (κ3) is 5.03. The molecule has 28 heavy (non-hydrogen) atoms. The van der Waals surface area contributed by atoms with Crippen LogP contribution < -0.4 is 5.14 Å².